The van der Waals surface area contributed by atoms with Gasteiger partial charge < -0.3 is 15.2 Å². The lowest BCUT2D eigenvalue weighted by atomic mass is 10.1. The van der Waals surface area contributed by atoms with Crippen LogP contribution < -0.4 is 5.32 Å². The number of aromatic hydroxyl groups is 1. The zero-order chi connectivity index (χ0) is 10.8. The van der Waals surface area contributed by atoms with Gasteiger partial charge in [-0.05, 0) is 17.7 Å². The summed E-state index contributed by atoms with van der Waals surface area (Å²) in [7, 11) is 0. The largest absolute Gasteiger partial charge is 0.503 e. The zero-order valence-electron chi connectivity index (χ0n) is 7.96. The fourth-order valence-corrected chi connectivity index (χ4v) is 1.57. The number of halogens is 2. The molecular weight excluding hydrogens is 204 g/mol. The van der Waals surface area contributed by atoms with Gasteiger partial charge in [-0.15, -0.1) is 0 Å². The zero-order valence-corrected chi connectivity index (χ0v) is 7.96. The molecule has 5 heteroatoms. The first kappa shape index (κ1) is 10.3. The van der Waals surface area contributed by atoms with Crippen LogP contribution in [0, 0.1) is 11.6 Å². The number of ether oxygens (including phenoxy) is 1. The number of phenolic OH excluding ortho intramolecular Hbond substituents is 1. The Labute approximate surface area is 85.7 Å². The molecule has 0 saturated carbocycles. The normalized spacial score (nSPS) is 21.6. The summed E-state index contributed by atoms with van der Waals surface area (Å²) in [4.78, 5) is 0. The second-order valence-electron chi connectivity index (χ2n) is 3.41. The van der Waals surface area contributed by atoms with Gasteiger partial charge in [0.05, 0.1) is 19.3 Å². The molecule has 0 bridgehead atoms. The Hall–Kier alpha value is -1.20. The minimum absolute atomic E-state index is 0.219. The summed E-state index contributed by atoms with van der Waals surface area (Å²) in [5.74, 6) is -2.83. The van der Waals surface area contributed by atoms with Crippen LogP contribution in [0.5, 0.6) is 5.75 Å². The van der Waals surface area contributed by atoms with E-state index in [2.05, 4.69) is 5.32 Å². The van der Waals surface area contributed by atoms with Crippen LogP contribution in [0.1, 0.15) is 11.6 Å². The Morgan fingerprint density at radius 3 is 2.53 bits per heavy atom. The van der Waals surface area contributed by atoms with Gasteiger partial charge in [0.1, 0.15) is 0 Å². The molecule has 1 aliphatic rings. The van der Waals surface area contributed by atoms with Gasteiger partial charge in [-0.1, -0.05) is 0 Å². The Morgan fingerprint density at radius 2 is 2.00 bits per heavy atom. The van der Waals surface area contributed by atoms with Crippen molar-refractivity contribution in [3.05, 3.63) is 29.3 Å². The molecule has 0 spiro atoms. The van der Waals surface area contributed by atoms with Crippen molar-refractivity contribution < 1.29 is 18.6 Å². The van der Waals surface area contributed by atoms with E-state index < -0.39 is 17.4 Å². The van der Waals surface area contributed by atoms with Crippen molar-refractivity contribution in [2.75, 3.05) is 19.8 Å². The molecule has 1 aliphatic heterocycles. The molecule has 82 valence electrons. The summed E-state index contributed by atoms with van der Waals surface area (Å²) < 4.78 is 31.2. The second kappa shape index (κ2) is 4.12. The van der Waals surface area contributed by atoms with E-state index in [1.54, 1.807) is 0 Å². The smallest absolute Gasteiger partial charge is 0.187 e. The molecule has 2 rings (SSSR count). The molecule has 1 aromatic rings. The van der Waals surface area contributed by atoms with E-state index in [4.69, 9.17) is 9.84 Å². The van der Waals surface area contributed by atoms with Crippen molar-refractivity contribution in [2.45, 2.75) is 6.04 Å². The quantitative estimate of drug-likeness (QED) is 0.742. The third-order valence-electron chi connectivity index (χ3n) is 2.36. The van der Waals surface area contributed by atoms with Gasteiger partial charge >= 0.3 is 0 Å². The van der Waals surface area contributed by atoms with Crippen LogP contribution in [0.4, 0.5) is 8.78 Å². The molecule has 3 nitrogen and oxygen atoms in total. The lowest BCUT2D eigenvalue weighted by Gasteiger charge is -2.24. The maximum atomic E-state index is 13.0. The van der Waals surface area contributed by atoms with Gasteiger partial charge in [0.25, 0.3) is 0 Å². The minimum atomic E-state index is -0.947. The van der Waals surface area contributed by atoms with Crippen molar-refractivity contribution in [3.8, 4) is 5.75 Å². The fourth-order valence-electron chi connectivity index (χ4n) is 1.57. The van der Waals surface area contributed by atoms with Crippen molar-refractivity contribution >= 4 is 0 Å². The first-order valence-corrected chi connectivity index (χ1v) is 4.67. The number of nitrogens with one attached hydrogen (secondary N) is 1. The van der Waals surface area contributed by atoms with E-state index in [0.717, 1.165) is 12.1 Å². The van der Waals surface area contributed by atoms with Crippen LogP contribution in [0.3, 0.4) is 0 Å². The molecule has 1 heterocycles. The topological polar surface area (TPSA) is 41.5 Å². The Bertz CT molecular complexity index is 341. The Kier molecular flexibility index (Phi) is 2.83. The summed E-state index contributed by atoms with van der Waals surface area (Å²) in [6.45, 7) is 1.62. The maximum absolute atomic E-state index is 13.0. The highest BCUT2D eigenvalue weighted by atomic mass is 19.1. The molecule has 0 aliphatic carbocycles. The third-order valence-corrected chi connectivity index (χ3v) is 2.36. The summed E-state index contributed by atoms with van der Waals surface area (Å²) in [6.07, 6.45) is 0. The van der Waals surface area contributed by atoms with Crippen molar-refractivity contribution in [2.24, 2.45) is 0 Å². The molecule has 1 aromatic carbocycles. The standard InChI is InChI=1S/C10H11F2NO2/c11-7-3-6(4-8(12)10(7)14)9-5-15-2-1-13-9/h3-4,9,13-14H,1-2,5H2. The van der Waals surface area contributed by atoms with Crippen molar-refractivity contribution in [1.82, 2.24) is 5.32 Å². The highest BCUT2D eigenvalue weighted by Crippen LogP contribution is 2.25. The van der Waals surface area contributed by atoms with Gasteiger partial charge in [0.15, 0.2) is 17.4 Å². The van der Waals surface area contributed by atoms with Crippen molar-refractivity contribution in [1.29, 1.82) is 0 Å². The number of hydrogen-bond donors (Lipinski definition) is 2. The van der Waals surface area contributed by atoms with E-state index in [1.807, 2.05) is 0 Å². The van der Waals surface area contributed by atoms with Crippen LogP contribution in [0.15, 0.2) is 12.1 Å². The molecule has 1 atom stereocenters. The lowest BCUT2D eigenvalue weighted by Crippen LogP contribution is -2.34. The highest BCUT2D eigenvalue weighted by molar-refractivity contribution is 5.31. The maximum Gasteiger partial charge on any atom is 0.187 e. The first-order valence-electron chi connectivity index (χ1n) is 4.67. The molecule has 0 radical (unpaired) electrons. The summed E-state index contributed by atoms with van der Waals surface area (Å²) in [5.41, 5.74) is 0.447. The Balaban J connectivity index is 2.27. The van der Waals surface area contributed by atoms with Crippen molar-refractivity contribution in [3.63, 3.8) is 0 Å². The minimum Gasteiger partial charge on any atom is -0.503 e. The summed E-state index contributed by atoms with van der Waals surface area (Å²) in [6, 6.07) is 2.01. The molecule has 1 saturated heterocycles. The summed E-state index contributed by atoms with van der Waals surface area (Å²) >= 11 is 0. The molecule has 15 heavy (non-hydrogen) atoms. The molecule has 0 amide bonds. The predicted octanol–water partition coefficient (Wildman–Crippen LogP) is 1.33. The number of phenols is 1. The van der Waals surface area contributed by atoms with Crippen LogP contribution in [-0.2, 0) is 4.74 Å². The predicted molar refractivity (Wildman–Crippen MR) is 49.6 cm³/mol. The Morgan fingerprint density at radius 1 is 1.33 bits per heavy atom. The van der Waals surface area contributed by atoms with E-state index in [1.165, 1.54) is 0 Å². The van der Waals surface area contributed by atoms with Gasteiger partial charge in [-0.2, -0.15) is 0 Å². The number of morpholine rings is 1. The van der Waals surface area contributed by atoms with Crippen LogP contribution in [0.2, 0.25) is 0 Å². The molecular formula is C10H11F2NO2. The molecule has 2 N–H and O–H groups in total. The van der Waals surface area contributed by atoms with Crippen LogP contribution in [0.25, 0.3) is 0 Å². The monoisotopic (exact) mass is 215 g/mol. The number of hydrogen-bond acceptors (Lipinski definition) is 3. The van der Waals surface area contributed by atoms with Gasteiger partial charge in [-0.3, -0.25) is 0 Å². The van der Waals surface area contributed by atoms with Gasteiger partial charge in [0, 0.05) is 6.54 Å². The average Bonchev–Trinajstić information content (AvgIpc) is 2.26. The average molecular weight is 215 g/mol. The van der Waals surface area contributed by atoms with Gasteiger partial charge in [-0.25, -0.2) is 8.78 Å². The SMILES string of the molecule is Oc1c(F)cc(C2COCCN2)cc1F. The fraction of sp³-hybridized carbons (Fsp3) is 0.400. The van der Waals surface area contributed by atoms with E-state index >= 15 is 0 Å². The number of rotatable bonds is 1. The van der Waals surface area contributed by atoms with Crippen LogP contribution in [-0.4, -0.2) is 24.9 Å². The highest BCUT2D eigenvalue weighted by Gasteiger charge is 2.18. The molecule has 1 unspecified atom stereocenters. The second-order valence-corrected chi connectivity index (χ2v) is 3.41. The van der Waals surface area contributed by atoms with Gasteiger partial charge in [0.2, 0.25) is 0 Å². The summed E-state index contributed by atoms with van der Waals surface area (Å²) in [5, 5.41) is 12.0. The molecule has 0 aromatic heterocycles. The van der Waals surface area contributed by atoms with E-state index in [9.17, 15) is 8.78 Å². The lowest BCUT2D eigenvalue weighted by molar-refractivity contribution is 0.0766. The first-order chi connectivity index (χ1) is 7.18. The number of benzene rings is 1. The van der Waals surface area contributed by atoms with E-state index in [-0.39, 0.29) is 6.04 Å². The third kappa shape index (κ3) is 2.08. The molecule has 1 fully saturated rings. The van der Waals surface area contributed by atoms with E-state index in [0.29, 0.717) is 25.3 Å². The van der Waals surface area contributed by atoms with Crippen LogP contribution >= 0.6 is 0 Å².